The van der Waals surface area contributed by atoms with Gasteiger partial charge in [0.25, 0.3) is 11.7 Å². The van der Waals surface area contributed by atoms with Gasteiger partial charge in [-0.25, -0.2) is 13.8 Å². The number of benzene rings is 1. The van der Waals surface area contributed by atoms with Crippen LogP contribution >= 0.6 is 0 Å². The van der Waals surface area contributed by atoms with Crippen molar-refractivity contribution in [3.8, 4) is 11.3 Å². The maximum atomic E-state index is 12.1. The van der Waals surface area contributed by atoms with E-state index in [4.69, 9.17) is 4.42 Å². The number of Topliss-reactive ketones (excluding diaryl/α,β-unsaturated/α-hetero) is 1. The molecule has 2 rings (SSSR count). The van der Waals surface area contributed by atoms with E-state index in [-0.39, 0.29) is 0 Å². The number of ketones is 1. The predicted octanol–water partition coefficient (Wildman–Crippen LogP) is 2.79. The topological polar surface area (TPSA) is 43.1 Å². The first-order valence-corrected chi connectivity index (χ1v) is 4.52. The van der Waals surface area contributed by atoms with Gasteiger partial charge >= 0.3 is 6.43 Å². The normalized spacial score (nSPS) is 10.7. The van der Waals surface area contributed by atoms with E-state index in [1.165, 1.54) is 6.20 Å². The maximum absolute atomic E-state index is 12.1. The summed E-state index contributed by atoms with van der Waals surface area (Å²) >= 11 is 0. The van der Waals surface area contributed by atoms with Gasteiger partial charge in [-0.15, -0.1) is 0 Å². The molecule has 0 atom stereocenters. The third-order valence-electron chi connectivity index (χ3n) is 1.97. The average molecular weight is 223 g/mol. The lowest BCUT2D eigenvalue weighted by Gasteiger charge is -1.94. The number of nitrogens with zero attached hydrogens (tertiary/aromatic N) is 1. The van der Waals surface area contributed by atoms with Crippen molar-refractivity contribution in [3.05, 3.63) is 42.4 Å². The maximum Gasteiger partial charge on any atom is 0.305 e. The third kappa shape index (κ3) is 1.98. The van der Waals surface area contributed by atoms with Gasteiger partial charge in [-0.2, -0.15) is 0 Å². The molecular weight excluding hydrogens is 216 g/mol. The fourth-order valence-electron chi connectivity index (χ4n) is 1.22. The number of alkyl halides is 2. The predicted molar refractivity (Wildman–Crippen MR) is 52.3 cm³/mol. The molecule has 0 spiro atoms. The SMILES string of the molecule is O=C(c1ncc(-c2ccccc2)o1)C(F)F. The van der Waals surface area contributed by atoms with Gasteiger partial charge in [0, 0.05) is 5.56 Å². The zero-order valence-electron chi connectivity index (χ0n) is 8.06. The first-order chi connectivity index (χ1) is 7.68. The van der Waals surface area contributed by atoms with E-state index in [2.05, 4.69) is 4.98 Å². The van der Waals surface area contributed by atoms with Gasteiger partial charge in [-0.3, -0.25) is 4.79 Å². The summed E-state index contributed by atoms with van der Waals surface area (Å²) in [7, 11) is 0. The first kappa shape index (κ1) is 10.5. The molecule has 1 aromatic heterocycles. The Bertz CT molecular complexity index is 494. The highest BCUT2D eigenvalue weighted by Crippen LogP contribution is 2.20. The summed E-state index contributed by atoms with van der Waals surface area (Å²) in [5, 5.41) is 0. The smallest absolute Gasteiger partial charge is 0.305 e. The van der Waals surface area contributed by atoms with Crippen molar-refractivity contribution in [2.45, 2.75) is 6.43 Å². The van der Waals surface area contributed by atoms with Crippen molar-refractivity contribution >= 4 is 5.78 Å². The number of carbonyl (C=O) groups excluding carboxylic acids is 1. The van der Waals surface area contributed by atoms with Crippen molar-refractivity contribution < 1.29 is 18.0 Å². The molecule has 0 aliphatic rings. The van der Waals surface area contributed by atoms with Gasteiger partial charge in [0.15, 0.2) is 5.76 Å². The van der Waals surface area contributed by atoms with E-state index < -0.39 is 18.1 Å². The van der Waals surface area contributed by atoms with Crippen LogP contribution in [0.15, 0.2) is 40.9 Å². The number of halogens is 2. The summed E-state index contributed by atoms with van der Waals surface area (Å²) in [6.45, 7) is 0. The Morgan fingerprint density at radius 3 is 2.56 bits per heavy atom. The zero-order valence-corrected chi connectivity index (χ0v) is 8.06. The van der Waals surface area contributed by atoms with Crippen LogP contribution in [0.3, 0.4) is 0 Å². The molecule has 1 heterocycles. The van der Waals surface area contributed by atoms with E-state index in [0.29, 0.717) is 11.3 Å². The molecule has 0 saturated heterocycles. The van der Waals surface area contributed by atoms with Gasteiger partial charge in [0.1, 0.15) is 0 Å². The first-order valence-electron chi connectivity index (χ1n) is 4.52. The molecule has 1 aromatic carbocycles. The molecule has 0 saturated carbocycles. The number of hydrogen-bond acceptors (Lipinski definition) is 3. The standard InChI is InChI=1S/C11H7F2NO2/c12-10(13)9(15)11-14-6-8(16-11)7-4-2-1-3-5-7/h1-6,10H. The van der Waals surface area contributed by atoms with Crippen molar-refractivity contribution in [3.63, 3.8) is 0 Å². The van der Waals surface area contributed by atoms with Crippen LogP contribution < -0.4 is 0 Å². The van der Waals surface area contributed by atoms with Crippen molar-refractivity contribution in [2.75, 3.05) is 0 Å². The summed E-state index contributed by atoms with van der Waals surface area (Å²) < 4.78 is 29.1. The van der Waals surface area contributed by atoms with Crippen LogP contribution in [0.4, 0.5) is 8.78 Å². The number of aromatic nitrogens is 1. The van der Waals surface area contributed by atoms with Crippen LogP contribution in [0.1, 0.15) is 10.7 Å². The summed E-state index contributed by atoms with van der Waals surface area (Å²) in [5.74, 6) is -1.67. The van der Waals surface area contributed by atoms with Gasteiger partial charge < -0.3 is 4.42 Å². The molecule has 0 aliphatic heterocycles. The van der Waals surface area contributed by atoms with Crippen LogP contribution in [-0.2, 0) is 0 Å². The highest BCUT2D eigenvalue weighted by Gasteiger charge is 2.23. The number of rotatable bonds is 3. The van der Waals surface area contributed by atoms with Gasteiger partial charge in [0.2, 0.25) is 0 Å². The summed E-state index contributed by atoms with van der Waals surface area (Å²) in [6, 6.07) is 8.82. The Hall–Kier alpha value is -2.04. The van der Waals surface area contributed by atoms with Crippen molar-refractivity contribution in [1.82, 2.24) is 4.98 Å². The average Bonchev–Trinajstić information content (AvgIpc) is 2.78. The minimum Gasteiger partial charge on any atom is -0.434 e. The number of oxazole rings is 1. The Morgan fingerprint density at radius 2 is 1.94 bits per heavy atom. The monoisotopic (exact) mass is 223 g/mol. The van der Waals surface area contributed by atoms with Crippen LogP contribution in [-0.4, -0.2) is 17.2 Å². The molecule has 0 radical (unpaired) electrons. The van der Waals surface area contributed by atoms with Crippen molar-refractivity contribution in [2.24, 2.45) is 0 Å². The zero-order chi connectivity index (χ0) is 11.5. The Labute approximate surface area is 89.7 Å². The minimum absolute atomic E-state index is 0.296. The Balaban J connectivity index is 2.30. The quantitative estimate of drug-likeness (QED) is 0.751. The molecule has 0 N–H and O–H groups in total. The second-order valence-corrected chi connectivity index (χ2v) is 3.06. The van der Waals surface area contributed by atoms with Gasteiger partial charge in [-0.05, 0) is 0 Å². The van der Waals surface area contributed by atoms with Crippen molar-refractivity contribution in [1.29, 1.82) is 0 Å². The van der Waals surface area contributed by atoms with E-state index >= 15 is 0 Å². The van der Waals surface area contributed by atoms with Crippen LogP contribution in [0.25, 0.3) is 11.3 Å². The minimum atomic E-state index is -3.10. The lowest BCUT2D eigenvalue weighted by molar-refractivity contribution is 0.0642. The molecule has 16 heavy (non-hydrogen) atoms. The summed E-state index contributed by atoms with van der Waals surface area (Å²) in [5.41, 5.74) is 0.684. The molecule has 3 nitrogen and oxygen atoms in total. The number of carbonyl (C=O) groups is 1. The number of hydrogen-bond donors (Lipinski definition) is 0. The third-order valence-corrected chi connectivity index (χ3v) is 1.97. The molecule has 0 unspecified atom stereocenters. The van der Waals surface area contributed by atoms with E-state index in [9.17, 15) is 13.6 Å². The van der Waals surface area contributed by atoms with E-state index in [1.54, 1.807) is 24.3 Å². The summed E-state index contributed by atoms with van der Waals surface area (Å²) in [6.07, 6.45) is -1.84. The molecule has 0 bridgehead atoms. The lowest BCUT2D eigenvalue weighted by Crippen LogP contribution is -2.10. The molecule has 2 aromatic rings. The molecule has 0 fully saturated rings. The second-order valence-electron chi connectivity index (χ2n) is 3.06. The second kappa shape index (κ2) is 4.22. The fraction of sp³-hybridized carbons (Fsp3) is 0.0909. The lowest BCUT2D eigenvalue weighted by atomic mass is 10.2. The highest BCUT2D eigenvalue weighted by atomic mass is 19.3. The molecular formula is C11H7F2NO2. The molecule has 82 valence electrons. The summed E-state index contributed by atoms with van der Waals surface area (Å²) in [4.78, 5) is 14.4. The molecule has 5 heteroatoms. The largest absolute Gasteiger partial charge is 0.434 e. The van der Waals surface area contributed by atoms with Crippen LogP contribution in [0.2, 0.25) is 0 Å². The van der Waals surface area contributed by atoms with Gasteiger partial charge in [0.05, 0.1) is 6.20 Å². The van der Waals surface area contributed by atoms with E-state index in [1.807, 2.05) is 6.07 Å². The van der Waals surface area contributed by atoms with Crippen LogP contribution in [0, 0.1) is 0 Å². The Morgan fingerprint density at radius 1 is 1.25 bits per heavy atom. The molecule has 0 aliphatic carbocycles. The van der Waals surface area contributed by atoms with E-state index in [0.717, 1.165) is 0 Å². The Kier molecular flexibility index (Phi) is 2.76. The van der Waals surface area contributed by atoms with Crippen LogP contribution in [0.5, 0.6) is 0 Å². The highest BCUT2D eigenvalue weighted by molar-refractivity contribution is 5.94. The van der Waals surface area contributed by atoms with Gasteiger partial charge in [-0.1, -0.05) is 30.3 Å². The fourth-order valence-corrected chi connectivity index (χ4v) is 1.22. The molecule has 0 amide bonds.